The van der Waals surface area contributed by atoms with Crippen LogP contribution in [0.2, 0.25) is 5.02 Å². The number of rotatable bonds is 5. The smallest absolute Gasteiger partial charge is 0.340 e. The SMILES string of the molecule is O=C(COC(=O)c1cc(F)c(F)cc1Cl)c1ccc(-c2ccccc2)cc1. The fraction of sp³-hybridized carbons (Fsp3) is 0.0476. The van der Waals surface area contributed by atoms with Crippen molar-refractivity contribution in [3.8, 4) is 11.1 Å². The summed E-state index contributed by atoms with van der Waals surface area (Å²) in [6.07, 6.45) is 0. The van der Waals surface area contributed by atoms with Crippen LogP contribution < -0.4 is 0 Å². The third-order valence-corrected chi connectivity index (χ3v) is 4.19. The second kappa shape index (κ2) is 8.10. The molecule has 0 amide bonds. The van der Waals surface area contributed by atoms with Crippen molar-refractivity contribution >= 4 is 23.4 Å². The van der Waals surface area contributed by atoms with E-state index in [-0.39, 0.29) is 10.6 Å². The monoisotopic (exact) mass is 386 g/mol. The predicted molar refractivity (Wildman–Crippen MR) is 97.9 cm³/mol. The number of esters is 1. The molecule has 0 heterocycles. The average molecular weight is 387 g/mol. The first-order chi connectivity index (χ1) is 13.0. The maximum atomic E-state index is 13.3. The molecular weight excluding hydrogens is 374 g/mol. The Morgan fingerprint density at radius 2 is 1.44 bits per heavy atom. The molecule has 0 radical (unpaired) electrons. The van der Waals surface area contributed by atoms with Crippen molar-refractivity contribution < 1.29 is 23.1 Å². The summed E-state index contributed by atoms with van der Waals surface area (Å²) in [6.45, 7) is -0.543. The molecule has 0 atom stereocenters. The summed E-state index contributed by atoms with van der Waals surface area (Å²) in [5, 5.41) is -0.293. The highest BCUT2D eigenvalue weighted by atomic mass is 35.5. The Morgan fingerprint density at radius 3 is 2.11 bits per heavy atom. The van der Waals surface area contributed by atoms with Gasteiger partial charge in [0.05, 0.1) is 10.6 Å². The van der Waals surface area contributed by atoms with Crippen LogP contribution in [0.25, 0.3) is 11.1 Å². The summed E-state index contributed by atoms with van der Waals surface area (Å²) >= 11 is 5.71. The topological polar surface area (TPSA) is 43.4 Å². The highest BCUT2D eigenvalue weighted by Gasteiger charge is 2.18. The zero-order valence-corrected chi connectivity index (χ0v) is 14.7. The zero-order valence-electron chi connectivity index (χ0n) is 13.9. The first-order valence-corrected chi connectivity index (χ1v) is 8.34. The van der Waals surface area contributed by atoms with Crippen LogP contribution in [0.1, 0.15) is 20.7 Å². The lowest BCUT2D eigenvalue weighted by molar-refractivity contribution is 0.0474. The molecule has 3 nitrogen and oxygen atoms in total. The Bertz CT molecular complexity index is 986. The number of benzene rings is 3. The van der Waals surface area contributed by atoms with Gasteiger partial charge >= 0.3 is 5.97 Å². The number of hydrogen-bond donors (Lipinski definition) is 0. The maximum Gasteiger partial charge on any atom is 0.340 e. The van der Waals surface area contributed by atoms with E-state index in [0.717, 1.165) is 11.1 Å². The standard InChI is InChI=1S/C21H13ClF2O3/c22-17-11-19(24)18(23)10-16(17)21(26)27-12-20(25)15-8-6-14(7-9-15)13-4-2-1-3-5-13/h1-11H,12H2. The summed E-state index contributed by atoms with van der Waals surface area (Å²) in [4.78, 5) is 24.1. The quantitative estimate of drug-likeness (QED) is 0.338. The minimum Gasteiger partial charge on any atom is -0.454 e. The molecule has 0 N–H and O–H groups in total. The molecule has 3 aromatic rings. The summed E-state index contributed by atoms with van der Waals surface area (Å²) in [6, 6.07) is 17.8. The van der Waals surface area contributed by atoms with E-state index < -0.39 is 30.0 Å². The number of halogens is 3. The first-order valence-electron chi connectivity index (χ1n) is 7.96. The Hall–Kier alpha value is -3.05. The molecular formula is C21H13ClF2O3. The lowest BCUT2D eigenvalue weighted by Crippen LogP contribution is -2.15. The molecule has 0 saturated carbocycles. The van der Waals surface area contributed by atoms with Crippen molar-refractivity contribution in [2.24, 2.45) is 0 Å². The van der Waals surface area contributed by atoms with E-state index in [1.807, 2.05) is 30.3 Å². The average Bonchev–Trinajstić information content (AvgIpc) is 2.69. The first kappa shape index (κ1) is 18.7. The molecule has 27 heavy (non-hydrogen) atoms. The lowest BCUT2D eigenvalue weighted by Gasteiger charge is -2.07. The van der Waals surface area contributed by atoms with E-state index in [2.05, 4.69) is 0 Å². The number of carbonyl (C=O) groups is 2. The molecule has 0 aromatic heterocycles. The Labute approximate surface area is 159 Å². The van der Waals surface area contributed by atoms with Crippen LogP contribution in [0.15, 0.2) is 66.7 Å². The maximum absolute atomic E-state index is 13.3. The molecule has 6 heteroatoms. The molecule has 0 aliphatic heterocycles. The van der Waals surface area contributed by atoms with E-state index in [4.69, 9.17) is 16.3 Å². The van der Waals surface area contributed by atoms with Crippen molar-refractivity contribution in [1.29, 1.82) is 0 Å². The van der Waals surface area contributed by atoms with Gasteiger partial charge in [0.25, 0.3) is 0 Å². The highest BCUT2D eigenvalue weighted by molar-refractivity contribution is 6.33. The molecule has 0 saturated heterocycles. The highest BCUT2D eigenvalue weighted by Crippen LogP contribution is 2.22. The number of Topliss-reactive ketones (excluding diaryl/α,β-unsaturated/α-hetero) is 1. The molecule has 0 aliphatic carbocycles. The predicted octanol–water partition coefficient (Wildman–Crippen LogP) is 5.32. The van der Waals surface area contributed by atoms with Gasteiger partial charge in [-0.2, -0.15) is 0 Å². The summed E-state index contributed by atoms with van der Waals surface area (Å²) in [5.74, 6) is -3.84. The van der Waals surface area contributed by atoms with Crippen molar-refractivity contribution in [1.82, 2.24) is 0 Å². The Morgan fingerprint density at radius 1 is 0.852 bits per heavy atom. The fourth-order valence-electron chi connectivity index (χ4n) is 2.45. The van der Waals surface area contributed by atoms with Gasteiger partial charge in [0.1, 0.15) is 0 Å². The summed E-state index contributed by atoms with van der Waals surface area (Å²) in [7, 11) is 0. The van der Waals surface area contributed by atoms with Crippen LogP contribution in [0.3, 0.4) is 0 Å². The van der Waals surface area contributed by atoms with Gasteiger partial charge in [0.15, 0.2) is 24.0 Å². The van der Waals surface area contributed by atoms with Crippen molar-refractivity contribution in [2.75, 3.05) is 6.61 Å². The Kier molecular flexibility index (Phi) is 5.62. The normalized spacial score (nSPS) is 10.5. The second-order valence-electron chi connectivity index (χ2n) is 5.69. The summed E-state index contributed by atoms with van der Waals surface area (Å²) in [5.41, 5.74) is 1.97. The van der Waals surface area contributed by atoms with Crippen LogP contribution in [0.5, 0.6) is 0 Å². The largest absolute Gasteiger partial charge is 0.454 e. The molecule has 0 fully saturated rings. The molecule has 136 valence electrons. The third kappa shape index (κ3) is 4.38. The second-order valence-corrected chi connectivity index (χ2v) is 6.10. The molecule has 3 aromatic carbocycles. The molecule has 3 rings (SSSR count). The zero-order chi connectivity index (χ0) is 19.4. The van der Waals surface area contributed by atoms with Gasteiger partial charge < -0.3 is 4.74 Å². The number of hydrogen-bond acceptors (Lipinski definition) is 3. The van der Waals surface area contributed by atoms with E-state index in [1.165, 1.54) is 0 Å². The van der Waals surface area contributed by atoms with E-state index in [1.54, 1.807) is 24.3 Å². The van der Waals surface area contributed by atoms with Gasteiger partial charge in [0.2, 0.25) is 0 Å². The summed E-state index contributed by atoms with van der Waals surface area (Å²) < 4.78 is 31.2. The van der Waals surface area contributed by atoms with E-state index in [9.17, 15) is 18.4 Å². The lowest BCUT2D eigenvalue weighted by atomic mass is 10.0. The van der Waals surface area contributed by atoms with E-state index >= 15 is 0 Å². The molecule has 0 spiro atoms. The van der Waals surface area contributed by atoms with Crippen molar-refractivity contribution in [3.63, 3.8) is 0 Å². The number of ketones is 1. The minimum atomic E-state index is -1.23. The van der Waals surface area contributed by atoms with Gasteiger partial charge in [0, 0.05) is 5.56 Å². The minimum absolute atomic E-state index is 0.293. The van der Waals surface area contributed by atoms with Gasteiger partial charge in [-0.1, -0.05) is 66.2 Å². The van der Waals surface area contributed by atoms with E-state index in [0.29, 0.717) is 17.7 Å². The van der Waals surface area contributed by atoms with Crippen LogP contribution in [-0.2, 0) is 4.74 Å². The van der Waals surface area contributed by atoms with Crippen molar-refractivity contribution in [3.05, 3.63) is 94.5 Å². The van der Waals surface area contributed by atoms with Gasteiger partial charge in [-0.25, -0.2) is 13.6 Å². The number of ether oxygens (including phenoxy) is 1. The molecule has 0 unspecified atom stereocenters. The van der Waals surface area contributed by atoms with Gasteiger partial charge in [-0.3, -0.25) is 4.79 Å². The number of carbonyl (C=O) groups excluding carboxylic acids is 2. The molecule has 0 bridgehead atoms. The van der Waals surface area contributed by atoms with Crippen LogP contribution in [0, 0.1) is 11.6 Å². The van der Waals surface area contributed by atoms with Crippen molar-refractivity contribution in [2.45, 2.75) is 0 Å². The van der Waals surface area contributed by atoms with Crippen LogP contribution in [0.4, 0.5) is 8.78 Å². The Balaban J connectivity index is 1.66. The third-order valence-electron chi connectivity index (χ3n) is 3.88. The fourth-order valence-corrected chi connectivity index (χ4v) is 2.68. The van der Waals surface area contributed by atoms with Gasteiger partial charge in [-0.05, 0) is 23.3 Å². The van der Waals surface area contributed by atoms with Crippen LogP contribution in [-0.4, -0.2) is 18.4 Å². The molecule has 0 aliphatic rings. The van der Waals surface area contributed by atoms with Crippen LogP contribution >= 0.6 is 11.6 Å². The van der Waals surface area contributed by atoms with Gasteiger partial charge in [-0.15, -0.1) is 0 Å².